The number of benzene rings is 1. The zero-order valence-corrected chi connectivity index (χ0v) is 14.3. The minimum absolute atomic E-state index is 0.0196. The Balaban J connectivity index is 1.69. The van der Waals surface area contributed by atoms with Crippen molar-refractivity contribution in [3.05, 3.63) is 41.5 Å². The summed E-state index contributed by atoms with van der Waals surface area (Å²) >= 11 is 0. The summed E-state index contributed by atoms with van der Waals surface area (Å²) in [5, 5.41) is 3.14. The molecule has 4 aliphatic heterocycles. The number of piperidine rings is 1. The van der Waals surface area contributed by atoms with Crippen molar-refractivity contribution in [3.63, 3.8) is 0 Å². The molecule has 0 aromatic heterocycles. The topological polar surface area (TPSA) is 41.6 Å². The van der Waals surface area contributed by atoms with Crippen molar-refractivity contribution >= 4 is 11.6 Å². The maximum atomic E-state index is 13.2. The summed E-state index contributed by atoms with van der Waals surface area (Å²) in [6.45, 7) is 3.95. The van der Waals surface area contributed by atoms with E-state index in [1.165, 1.54) is 5.57 Å². The van der Waals surface area contributed by atoms with Crippen LogP contribution in [0.5, 0.6) is 0 Å². The number of hydrogen-bond acceptors (Lipinski definition) is 3. The zero-order chi connectivity index (χ0) is 16.5. The fourth-order valence-electron chi connectivity index (χ4n) is 5.75. The molecule has 1 aliphatic carbocycles. The second-order valence-electron chi connectivity index (χ2n) is 7.85. The van der Waals surface area contributed by atoms with Gasteiger partial charge in [0.1, 0.15) is 5.41 Å². The van der Waals surface area contributed by atoms with E-state index in [1.54, 1.807) is 0 Å². The molecule has 3 saturated heterocycles. The van der Waals surface area contributed by atoms with Crippen LogP contribution in [0.1, 0.15) is 25.3 Å². The van der Waals surface area contributed by atoms with Crippen LogP contribution >= 0.6 is 0 Å². The van der Waals surface area contributed by atoms with Crippen LogP contribution in [0.15, 0.2) is 35.9 Å². The number of rotatable bonds is 0. The van der Waals surface area contributed by atoms with Crippen LogP contribution in [-0.4, -0.2) is 43.2 Å². The molecule has 4 heterocycles. The molecule has 1 spiro atoms. The molecule has 4 fully saturated rings. The first kappa shape index (κ1) is 14.7. The largest absolute Gasteiger partial charge is 0.376 e. The third-order valence-corrected chi connectivity index (χ3v) is 6.96. The maximum absolute atomic E-state index is 13.2. The Morgan fingerprint density at radius 3 is 3.04 bits per heavy atom. The number of ether oxygens (including phenoxy) is 1. The first-order valence-electron chi connectivity index (χ1n) is 9.03. The molecule has 1 saturated carbocycles. The minimum atomic E-state index is -0.526. The van der Waals surface area contributed by atoms with Gasteiger partial charge in [-0.15, -0.1) is 0 Å². The van der Waals surface area contributed by atoms with Crippen LogP contribution < -0.4 is 5.32 Å². The second kappa shape index (κ2) is 4.93. The lowest BCUT2D eigenvalue weighted by Crippen LogP contribution is -2.50. The summed E-state index contributed by atoms with van der Waals surface area (Å²) in [6.07, 6.45) is 4.10. The minimum Gasteiger partial charge on any atom is -0.376 e. The number of nitrogens with one attached hydrogen (secondary N) is 1. The van der Waals surface area contributed by atoms with E-state index < -0.39 is 5.41 Å². The summed E-state index contributed by atoms with van der Waals surface area (Å²) in [7, 11) is 2.20. The van der Waals surface area contributed by atoms with Gasteiger partial charge in [0.05, 0.1) is 12.7 Å². The van der Waals surface area contributed by atoms with Gasteiger partial charge in [-0.3, -0.25) is 9.69 Å². The summed E-state index contributed by atoms with van der Waals surface area (Å²) in [6, 6.07) is 8.59. The molecule has 1 aromatic carbocycles. The molecule has 5 aliphatic rings. The molecule has 24 heavy (non-hydrogen) atoms. The van der Waals surface area contributed by atoms with Crippen LogP contribution in [0, 0.1) is 11.8 Å². The van der Waals surface area contributed by atoms with Crippen molar-refractivity contribution in [1.29, 1.82) is 0 Å². The molecule has 4 nitrogen and oxygen atoms in total. The molecule has 6 rings (SSSR count). The van der Waals surface area contributed by atoms with E-state index in [1.807, 2.05) is 18.2 Å². The van der Waals surface area contributed by atoms with Crippen molar-refractivity contribution in [2.75, 3.05) is 25.5 Å². The summed E-state index contributed by atoms with van der Waals surface area (Å²) in [4.78, 5) is 15.6. The SMILES string of the molecule is CC=C1CN(C)C2CC3(C(=O)Nc4ccccc43)C3CC1C2CO3. The first-order chi connectivity index (χ1) is 11.6. The van der Waals surface area contributed by atoms with Crippen molar-refractivity contribution in [2.45, 2.75) is 37.3 Å². The van der Waals surface area contributed by atoms with Gasteiger partial charge in [0, 0.05) is 24.2 Å². The summed E-state index contributed by atoms with van der Waals surface area (Å²) < 4.78 is 6.33. The summed E-state index contributed by atoms with van der Waals surface area (Å²) in [5.74, 6) is 1.21. The van der Waals surface area contributed by atoms with Crippen LogP contribution in [0.3, 0.4) is 0 Å². The molecule has 4 bridgehead atoms. The number of hydrogen-bond donors (Lipinski definition) is 1. The third kappa shape index (κ3) is 1.68. The molecule has 126 valence electrons. The first-order valence-corrected chi connectivity index (χ1v) is 9.03. The molecule has 1 aromatic rings. The smallest absolute Gasteiger partial charge is 0.237 e. The van der Waals surface area contributed by atoms with Crippen LogP contribution in [0.25, 0.3) is 0 Å². The molecule has 5 atom stereocenters. The predicted molar refractivity (Wildman–Crippen MR) is 92.9 cm³/mol. The molecule has 1 amide bonds. The average Bonchev–Trinajstić information content (AvgIpc) is 2.72. The van der Waals surface area contributed by atoms with Crippen molar-refractivity contribution < 1.29 is 9.53 Å². The average molecular weight is 324 g/mol. The summed E-state index contributed by atoms with van der Waals surface area (Å²) in [5.41, 5.74) is 3.11. The number of carbonyl (C=O) groups is 1. The highest BCUT2D eigenvalue weighted by molar-refractivity contribution is 6.07. The number of likely N-dealkylation sites (tertiary alicyclic amines) is 1. The van der Waals surface area contributed by atoms with Crippen LogP contribution in [-0.2, 0) is 14.9 Å². The molecule has 4 heteroatoms. The molecule has 1 N–H and O–H groups in total. The lowest BCUT2D eigenvalue weighted by atomic mass is 9.72. The van der Waals surface area contributed by atoms with Gasteiger partial charge >= 0.3 is 0 Å². The molecular formula is C20H24N2O2. The quantitative estimate of drug-likeness (QED) is 0.746. The Morgan fingerprint density at radius 2 is 2.21 bits per heavy atom. The number of para-hydroxylation sites is 1. The van der Waals surface area contributed by atoms with Crippen molar-refractivity contribution in [1.82, 2.24) is 4.90 Å². The Kier molecular flexibility index (Phi) is 3.01. The van der Waals surface area contributed by atoms with E-state index in [2.05, 4.69) is 36.3 Å². The highest BCUT2D eigenvalue weighted by Crippen LogP contribution is 2.55. The fourth-order valence-corrected chi connectivity index (χ4v) is 5.75. The van der Waals surface area contributed by atoms with Gasteiger partial charge in [-0.05, 0) is 44.4 Å². The van der Waals surface area contributed by atoms with E-state index in [0.29, 0.717) is 17.9 Å². The third-order valence-electron chi connectivity index (χ3n) is 6.96. The van der Waals surface area contributed by atoms with Gasteiger partial charge in [-0.1, -0.05) is 29.8 Å². The number of allylic oxidation sites excluding steroid dienone is 1. The van der Waals surface area contributed by atoms with Crippen LogP contribution in [0.2, 0.25) is 0 Å². The normalized spacial score (nSPS) is 42.2. The van der Waals surface area contributed by atoms with Crippen molar-refractivity contribution in [3.8, 4) is 0 Å². The van der Waals surface area contributed by atoms with Gasteiger partial charge in [0.25, 0.3) is 0 Å². The van der Waals surface area contributed by atoms with E-state index >= 15 is 0 Å². The number of fused-ring (bicyclic) bond motifs is 2. The van der Waals surface area contributed by atoms with Gasteiger partial charge in [-0.25, -0.2) is 0 Å². The van der Waals surface area contributed by atoms with Crippen molar-refractivity contribution in [2.24, 2.45) is 11.8 Å². The molecular weight excluding hydrogens is 300 g/mol. The molecule has 0 radical (unpaired) electrons. The predicted octanol–water partition coefficient (Wildman–Crippen LogP) is 2.56. The molecule has 5 unspecified atom stereocenters. The van der Waals surface area contributed by atoms with E-state index in [9.17, 15) is 4.79 Å². The van der Waals surface area contributed by atoms with E-state index in [0.717, 1.165) is 37.2 Å². The second-order valence-corrected chi connectivity index (χ2v) is 7.85. The Labute approximate surface area is 142 Å². The van der Waals surface area contributed by atoms with Crippen LogP contribution in [0.4, 0.5) is 5.69 Å². The Bertz CT molecular complexity index is 743. The van der Waals surface area contributed by atoms with E-state index in [-0.39, 0.29) is 12.0 Å². The van der Waals surface area contributed by atoms with Gasteiger partial charge in [0.2, 0.25) is 5.91 Å². The highest BCUT2D eigenvalue weighted by atomic mass is 16.5. The highest BCUT2D eigenvalue weighted by Gasteiger charge is 2.61. The number of anilines is 1. The number of nitrogens with zero attached hydrogens (tertiary/aromatic N) is 1. The fraction of sp³-hybridized carbons (Fsp3) is 0.550. The number of amides is 1. The van der Waals surface area contributed by atoms with Gasteiger partial charge in [-0.2, -0.15) is 0 Å². The van der Waals surface area contributed by atoms with E-state index in [4.69, 9.17) is 4.74 Å². The standard InChI is InChI=1S/C20H24N2O2/c1-3-12-10-22(2)17-9-20(18-8-13(12)14(17)11-24-18)15-6-4-5-7-16(15)21-19(20)23/h3-7,13-14,17-18H,8-11H2,1-2H3,(H,21,23). The lowest BCUT2D eigenvalue weighted by molar-refractivity contribution is -0.129. The number of carbonyl (C=O) groups excluding carboxylic acids is 1. The lowest BCUT2D eigenvalue weighted by Gasteiger charge is -2.46. The van der Waals surface area contributed by atoms with Gasteiger partial charge in [0.15, 0.2) is 0 Å². The Morgan fingerprint density at radius 1 is 1.38 bits per heavy atom. The monoisotopic (exact) mass is 324 g/mol. The maximum Gasteiger partial charge on any atom is 0.237 e. The number of likely N-dealkylation sites (N-methyl/N-ethyl adjacent to an activating group) is 1. The van der Waals surface area contributed by atoms with Gasteiger partial charge < -0.3 is 10.1 Å². The Hall–Kier alpha value is -1.65. The zero-order valence-electron chi connectivity index (χ0n) is 14.3.